The third-order valence-corrected chi connectivity index (χ3v) is 2.61. The van der Waals surface area contributed by atoms with Gasteiger partial charge in [-0.1, -0.05) is 38.0 Å². The minimum atomic E-state index is -0.262. The molecule has 1 aromatic rings. The zero-order chi connectivity index (χ0) is 11.8. The third-order valence-electron chi connectivity index (χ3n) is 2.23. The van der Waals surface area contributed by atoms with Gasteiger partial charge in [0, 0.05) is 5.38 Å². The predicted molar refractivity (Wildman–Crippen MR) is 65.9 cm³/mol. The molecule has 0 spiro atoms. The first-order valence-electron chi connectivity index (χ1n) is 5.62. The van der Waals surface area contributed by atoms with Gasteiger partial charge in [0.2, 0.25) is 0 Å². The van der Waals surface area contributed by atoms with Crippen molar-refractivity contribution >= 4 is 17.6 Å². The average Bonchev–Trinajstić information content (AvgIpc) is 2.27. The molecule has 0 N–H and O–H groups in total. The molecule has 2 nitrogen and oxygen atoms in total. The molecular formula is C13H17ClO2. The highest BCUT2D eigenvalue weighted by atomic mass is 35.5. The quantitative estimate of drug-likeness (QED) is 0.430. The lowest BCUT2D eigenvalue weighted by atomic mass is 10.1. The van der Waals surface area contributed by atoms with Crippen LogP contribution in [0.3, 0.4) is 0 Å². The minimum absolute atomic E-state index is 0.115. The van der Waals surface area contributed by atoms with E-state index in [0.29, 0.717) is 5.75 Å². The highest BCUT2D eigenvalue weighted by molar-refractivity contribution is 6.21. The Balaban J connectivity index is 2.31. The van der Waals surface area contributed by atoms with Crippen molar-refractivity contribution < 1.29 is 9.53 Å². The summed E-state index contributed by atoms with van der Waals surface area (Å²) in [5.41, 5.74) is 0. The van der Waals surface area contributed by atoms with Crippen molar-refractivity contribution in [2.75, 3.05) is 0 Å². The van der Waals surface area contributed by atoms with E-state index in [1.807, 2.05) is 18.2 Å². The van der Waals surface area contributed by atoms with Gasteiger partial charge >= 0.3 is 5.97 Å². The molecule has 0 radical (unpaired) electrons. The average molecular weight is 241 g/mol. The maximum absolute atomic E-state index is 11.5. The molecule has 0 aliphatic carbocycles. The minimum Gasteiger partial charge on any atom is -0.426 e. The molecule has 0 aliphatic heterocycles. The van der Waals surface area contributed by atoms with Gasteiger partial charge in [0.1, 0.15) is 5.75 Å². The van der Waals surface area contributed by atoms with Gasteiger partial charge in [-0.2, -0.15) is 0 Å². The van der Waals surface area contributed by atoms with Crippen LogP contribution in [0.1, 0.15) is 32.6 Å². The highest BCUT2D eigenvalue weighted by Crippen LogP contribution is 2.14. The fraction of sp³-hybridized carbons (Fsp3) is 0.462. The van der Waals surface area contributed by atoms with E-state index in [-0.39, 0.29) is 17.8 Å². The summed E-state index contributed by atoms with van der Waals surface area (Å²) in [4.78, 5) is 11.5. The predicted octanol–water partition coefficient (Wildman–Crippen LogP) is 3.78. The summed E-state index contributed by atoms with van der Waals surface area (Å²) in [6, 6.07) is 9.05. The van der Waals surface area contributed by atoms with Crippen LogP contribution in [0.15, 0.2) is 30.3 Å². The number of para-hydroxylation sites is 1. The Morgan fingerprint density at radius 1 is 1.38 bits per heavy atom. The van der Waals surface area contributed by atoms with Crippen LogP contribution in [0.25, 0.3) is 0 Å². The van der Waals surface area contributed by atoms with E-state index in [0.717, 1.165) is 19.3 Å². The summed E-state index contributed by atoms with van der Waals surface area (Å²) in [6.07, 6.45) is 3.28. The Morgan fingerprint density at radius 3 is 2.69 bits per heavy atom. The molecule has 0 heterocycles. The topological polar surface area (TPSA) is 26.3 Å². The zero-order valence-electron chi connectivity index (χ0n) is 9.49. The molecule has 0 fully saturated rings. The summed E-state index contributed by atoms with van der Waals surface area (Å²) in [6.45, 7) is 2.10. The van der Waals surface area contributed by atoms with Gasteiger partial charge in [0.15, 0.2) is 0 Å². The van der Waals surface area contributed by atoms with Crippen LogP contribution in [0, 0.1) is 0 Å². The van der Waals surface area contributed by atoms with Crippen LogP contribution in [-0.2, 0) is 4.79 Å². The van der Waals surface area contributed by atoms with Crippen molar-refractivity contribution in [2.24, 2.45) is 0 Å². The van der Waals surface area contributed by atoms with Crippen molar-refractivity contribution in [3.05, 3.63) is 30.3 Å². The van der Waals surface area contributed by atoms with Crippen molar-refractivity contribution in [1.82, 2.24) is 0 Å². The van der Waals surface area contributed by atoms with Gasteiger partial charge in [-0.05, 0) is 18.6 Å². The van der Waals surface area contributed by atoms with E-state index in [2.05, 4.69) is 6.92 Å². The normalized spacial score (nSPS) is 12.1. The number of ether oxygens (including phenoxy) is 1. The molecule has 0 aromatic heterocycles. The van der Waals surface area contributed by atoms with Crippen LogP contribution in [-0.4, -0.2) is 11.3 Å². The molecule has 16 heavy (non-hydrogen) atoms. The Bertz CT molecular complexity index is 311. The SMILES string of the molecule is CCCC[C@@H](Cl)CC(=O)Oc1ccccc1. The first-order valence-corrected chi connectivity index (χ1v) is 6.05. The molecule has 0 saturated carbocycles. The first-order chi connectivity index (χ1) is 7.72. The van der Waals surface area contributed by atoms with E-state index >= 15 is 0 Å². The van der Waals surface area contributed by atoms with Crippen LogP contribution in [0.4, 0.5) is 0 Å². The number of alkyl halides is 1. The standard InChI is InChI=1S/C13H17ClO2/c1-2-3-7-11(14)10-13(15)16-12-8-5-4-6-9-12/h4-6,8-9,11H,2-3,7,10H2,1H3/t11-/m1/s1. The fourth-order valence-electron chi connectivity index (χ4n) is 1.37. The monoisotopic (exact) mass is 240 g/mol. The second kappa shape index (κ2) is 7.29. The molecule has 0 bridgehead atoms. The number of hydrogen-bond acceptors (Lipinski definition) is 2. The van der Waals surface area contributed by atoms with E-state index in [9.17, 15) is 4.79 Å². The Labute approximate surface area is 102 Å². The number of unbranched alkanes of at least 4 members (excludes halogenated alkanes) is 1. The molecule has 1 aromatic carbocycles. The summed E-state index contributed by atoms with van der Waals surface area (Å²) in [5.74, 6) is 0.314. The molecule has 0 aliphatic rings. The third kappa shape index (κ3) is 5.17. The van der Waals surface area contributed by atoms with Crippen LogP contribution in [0.2, 0.25) is 0 Å². The van der Waals surface area contributed by atoms with E-state index in [4.69, 9.17) is 16.3 Å². The van der Waals surface area contributed by atoms with Crippen LogP contribution < -0.4 is 4.74 Å². The van der Waals surface area contributed by atoms with Crippen molar-refractivity contribution in [3.8, 4) is 5.75 Å². The summed E-state index contributed by atoms with van der Waals surface area (Å²) in [5, 5.41) is -0.115. The maximum Gasteiger partial charge on any atom is 0.312 e. The molecular weight excluding hydrogens is 224 g/mol. The Kier molecular flexibility index (Phi) is 5.94. The van der Waals surface area contributed by atoms with E-state index in [1.54, 1.807) is 12.1 Å². The second-order valence-electron chi connectivity index (χ2n) is 3.73. The van der Waals surface area contributed by atoms with Gasteiger partial charge < -0.3 is 4.74 Å². The number of esters is 1. The van der Waals surface area contributed by atoms with Crippen LogP contribution >= 0.6 is 11.6 Å². The number of hydrogen-bond donors (Lipinski definition) is 0. The summed E-state index contributed by atoms with van der Waals surface area (Å²) >= 11 is 6.02. The number of benzene rings is 1. The van der Waals surface area contributed by atoms with Gasteiger partial charge in [-0.25, -0.2) is 0 Å². The maximum atomic E-state index is 11.5. The highest BCUT2D eigenvalue weighted by Gasteiger charge is 2.12. The van der Waals surface area contributed by atoms with Gasteiger partial charge in [0.05, 0.1) is 6.42 Å². The molecule has 1 rings (SSSR count). The van der Waals surface area contributed by atoms with Crippen molar-refractivity contribution in [3.63, 3.8) is 0 Å². The summed E-state index contributed by atoms with van der Waals surface area (Å²) in [7, 11) is 0. The second-order valence-corrected chi connectivity index (χ2v) is 4.35. The van der Waals surface area contributed by atoms with Crippen LogP contribution in [0.5, 0.6) is 5.75 Å². The molecule has 0 amide bonds. The molecule has 0 saturated heterocycles. The first kappa shape index (κ1) is 13.0. The van der Waals surface area contributed by atoms with E-state index in [1.165, 1.54) is 0 Å². The largest absolute Gasteiger partial charge is 0.426 e. The number of halogens is 1. The molecule has 0 unspecified atom stereocenters. The smallest absolute Gasteiger partial charge is 0.312 e. The number of carbonyl (C=O) groups is 1. The van der Waals surface area contributed by atoms with Crippen molar-refractivity contribution in [2.45, 2.75) is 38.0 Å². The molecule has 1 atom stereocenters. The summed E-state index contributed by atoms with van der Waals surface area (Å²) < 4.78 is 5.14. The Hall–Kier alpha value is -1.02. The number of carbonyl (C=O) groups excluding carboxylic acids is 1. The fourth-order valence-corrected chi connectivity index (χ4v) is 1.65. The number of rotatable bonds is 6. The van der Waals surface area contributed by atoms with Gasteiger partial charge in [-0.15, -0.1) is 11.6 Å². The van der Waals surface area contributed by atoms with Gasteiger partial charge in [0.25, 0.3) is 0 Å². The lowest BCUT2D eigenvalue weighted by Gasteiger charge is -2.08. The Morgan fingerprint density at radius 2 is 2.06 bits per heavy atom. The van der Waals surface area contributed by atoms with Gasteiger partial charge in [-0.3, -0.25) is 4.79 Å². The lowest BCUT2D eigenvalue weighted by molar-refractivity contribution is -0.134. The lowest BCUT2D eigenvalue weighted by Crippen LogP contribution is -2.14. The molecule has 88 valence electrons. The van der Waals surface area contributed by atoms with Crippen molar-refractivity contribution in [1.29, 1.82) is 0 Å². The molecule has 3 heteroatoms. The van der Waals surface area contributed by atoms with E-state index < -0.39 is 0 Å². The zero-order valence-corrected chi connectivity index (χ0v) is 10.2.